The van der Waals surface area contributed by atoms with Gasteiger partial charge < -0.3 is 5.32 Å². The number of aliphatic imine (C=N–C) groups is 1. The first-order chi connectivity index (χ1) is 7.72. The van der Waals surface area contributed by atoms with E-state index < -0.39 is 0 Å². The van der Waals surface area contributed by atoms with E-state index in [1.54, 1.807) is 0 Å². The van der Waals surface area contributed by atoms with Crippen LogP contribution in [0.4, 0.5) is 0 Å². The molecule has 3 unspecified atom stereocenters. The maximum absolute atomic E-state index is 8.78. The van der Waals surface area contributed by atoms with Gasteiger partial charge in [0, 0.05) is 6.04 Å². The molecule has 2 aliphatic rings. The van der Waals surface area contributed by atoms with E-state index in [9.17, 15) is 0 Å². The van der Waals surface area contributed by atoms with Crippen LogP contribution in [0.5, 0.6) is 0 Å². The lowest BCUT2D eigenvalue weighted by molar-refractivity contribution is 0.463. The first kappa shape index (κ1) is 11.4. The summed E-state index contributed by atoms with van der Waals surface area (Å²) in [5.41, 5.74) is 0. The van der Waals surface area contributed by atoms with Crippen LogP contribution in [0.3, 0.4) is 0 Å². The second-order valence-corrected chi connectivity index (χ2v) is 5.09. The van der Waals surface area contributed by atoms with Gasteiger partial charge in [-0.3, -0.25) is 10.3 Å². The predicted molar refractivity (Wildman–Crippen MR) is 63.9 cm³/mol. The number of rotatable bonds is 2. The Morgan fingerprint density at radius 3 is 3.00 bits per heavy atom. The van der Waals surface area contributed by atoms with Crippen LogP contribution in [0.25, 0.3) is 0 Å². The van der Waals surface area contributed by atoms with Crippen molar-refractivity contribution in [1.29, 1.82) is 5.26 Å². The zero-order valence-electron chi connectivity index (χ0n) is 10.0. The van der Waals surface area contributed by atoms with Crippen LogP contribution in [-0.2, 0) is 0 Å². The van der Waals surface area contributed by atoms with Crippen LogP contribution in [0.15, 0.2) is 4.99 Å². The van der Waals surface area contributed by atoms with Crippen molar-refractivity contribution in [3.8, 4) is 6.19 Å². The van der Waals surface area contributed by atoms with Gasteiger partial charge in [0.25, 0.3) is 0 Å². The molecule has 88 valence electrons. The standard InChI is InChI=1S/C12H20N4/c1-8(2)16-12(15-7-13)11-10-5-3-4-9(10)6-14-11/h8-11,14H,3-6H2,1-2H3,(H,15,16). The molecule has 2 N–H and O–H groups in total. The fourth-order valence-electron chi connectivity index (χ4n) is 3.01. The Balaban J connectivity index is 2.12. The Kier molecular flexibility index (Phi) is 3.45. The number of amidine groups is 1. The first-order valence-electron chi connectivity index (χ1n) is 6.18. The number of fused-ring (bicyclic) bond motifs is 1. The normalized spacial score (nSPS) is 33.9. The highest BCUT2D eigenvalue weighted by atomic mass is 15.1. The smallest absolute Gasteiger partial charge is 0.182 e. The number of nitriles is 1. The molecule has 3 atom stereocenters. The van der Waals surface area contributed by atoms with E-state index in [1.807, 2.05) is 20.0 Å². The van der Waals surface area contributed by atoms with E-state index in [0.29, 0.717) is 5.92 Å². The molecule has 0 spiro atoms. The SMILES string of the molecule is CC(C)N=C(NC#N)C1NCC2CCCC21. The van der Waals surface area contributed by atoms with Crippen molar-refractivity contribution in [3.63, 3.8) is 0 Å². The molecular weight excluding hydrogens is 200 g/mol. The summed E-state index contributed by atoms with van der Waals surface area (Å²) in [6, 6.07) is 0.507. The molecule has 0 radical (unpaired) electrons. The van der Waals surface area contributed by atoms with Crippen molar-refractivity contribution in [2.75, 3.05) is 6.54 Å². The van der Waals surface area contributed by atoms with Gasteiger partial charge >= 0.3 is 0 Å². The zero-order valence-corrected chi connectivity index (χ0v) is 10.0. The lowest BCUT2D eigenvalue weighted by Crippen LogP contribution is -2.42. The van der Waals surface area contributed by atoms with Gasteiger partial charge in [0.2, 0.25) is 0 Å². The molecule has 0 aromatic carbocycles. The van der Waals surface area contributed by atoms with E-state index in [0.717, 1.165) is 18.3 Å². The molecular formula is C12H20N4. The summed E-state index contributed by atoms with van der Waals surface area (Å²) < 4.78 is 0. The van der Waals surface area contributed by atoms with E-state index in [2.05, 4.69) is 15.6 Å². The van der Waals surface area contributed by atoms with Gasteiger partial charge in [-0.05, 0) is 45.1 Å². The molecule has 1 aliphatic heterocycles. The molecule has 0 aromatic heterocycles. The maximum Gasteiger partial charge on any atom is 0.182 e. The highest BCUT2D eigenvalue weighted by molar-refractivity contribution is 5.89. The van der Waals surface area contributed by atoms with Crippen LogP contribution in [0, 0.1) is 23.3 Å². The number of hydrogen-bond donors (Lipinski definition) is 2. The van der Waals surface area contributed by atoms with Gasteiger partial charge in [0.05, 0.1) is 6.04 Å². The molecule has 2 fully saturated rings. The lowest BCUT2D eigenvalue weighted by atomic mass is 9.93. The van der Waals surface area contributed by atoms with Gasteiger partial charge in [-0.2, -0.15) is 5.26 Å². The Bertz CT molecular complexity index is 315. The van der Waals surface area contributed by atoms with Crippen molar-refractivity contribution in [3.05, 3.63) is 0 Å². The Hall–Kier alpha value is -1.08. The van der Waals surface area contributed by atoms with E-state index in [4.69, 9.17) is 5.26 Å². The monoisotopic (exact) mass is 220 g/mol. The van der Waals surface area contributed by atoms with Crippen molar-refractivity contribution in [1.82, 2.24) is 10.6 Å². The van der Waals surface area contributed by atoms with Gasteiger partial charge in [0.1, 0.15) is 5.84 Å². The van der Waals surface area contributed by atoms with Crippen molar-refractivity contribution in [2.45, 2.75) is 45.2 Å². The Morgan fingerprint density at radius 2 is 2.31 bits per heavy atom. The topological polar surface area (TPSA) is 60.2 Å². The first-order valence-corrected chi connectivity index (χ1v) is 6.18. The lowest BCUT2D eigenvalue weighted by Gasteiger charge is -2.20. The number of nitrogens with one attached hydrogen (secondary N) is 2. The molecule has 1 saturated carbocycles. The third-order valence-electron chi connectivity index (χ3n) is 3.62. The van der Waals surface area contributed by atoms with E-state index in [1.165, 1.54) is 19.3 Å². The minimum Gasteiger partial charge on any atom is -0.307 e. The van der Waals surface area contributed by atoms with Crippen molar-refractivity contribution >= 4 is 5.84 Å². The highest BCUT2D eigenvalue weighted by Gasteiger charge is 2.41. The minimum absolute atomic E-state index is 0.234. The maximum atomic E-state index is 8.78. The summed E-state index contributed by atoms with van der Waals surface area (Å²) in [6.45, 7) is 5.17. The van der Waals surface area contributed by atoms with Gasteiger partial charge in [-0.25, -0.2) is 0 Å². The number of nitrogens with zero attached hydrogens (tertiary/aromatic N) is 2. The Labute approximate surface area is 97.1 Å². The van der Waals surface area contributed by atoms with E-state index in [-0.39, 0.29) is 12.1 Å². The van der Waals surface area contributed by atoms with E-state index >= 15 is 0 Å². The molecule has 1 saturated heterocycles. The molecule has 0 amide bonds. The van der Waals surface area contributed by atoms with Gasteiger partial charge in [-0.15, -0.1) is 0 Å². The summed E-state index contributed by atoms with van der Waals surface area (Å²) in [4.78, 5) is 4.53. The summed E-state index contributed by atoms with van der Waals surface area (Å²) >= 11 is 0. The second-order valence-electron chi connectivity index (χ2n) is 5.09. The predicted octanol–water partition coefficient (Wildman–Crippen LogP) is 1.25. The molecule has 1 heterocycles. The summed E-state index contributed by atoms with van der Waals surface area (Å²) in [5, 5.41) is 15.0. The summed E-state index contributed by atoms with van der Waals surface area (Å²) in [6.07, 6.45) is 5.94. The average molecular weight is 220 g/mol. The van der Waals surface area contributed by atoms with Crippen LogP contribution in [-0.4, -0.2) is 24.5 Å². The minimum atomic E-state index is 0.234. The average Bonchev–Trinajstić information content (AvgIpc) is 2.76. The van der Waals surface area contributed by atoms with Crippen LogP contribution >= 0.6 is 0 Å². The van der Waals surface area contributed by atoms with Crippen LogP contribution in [0.1, 0.15) is 33.1 Å². The fraction of sp³-hybridized carbons (Fsp3) is 0.833. The van der Waals surface area contributed by atoms with Crippen LogP contribution < -0.4 is 10.6 Å². The molecule has 16 heavy (non-hydrogen) atoms. The highest BCUT2D eigenvalue weighted by Crippen LogP contribution is 2.37. The molecule has 0 bridgehead atoms. The molecule has 2 rings (SSSR count). The molecule has 4 heteroatoms. The van der Waals surface area contributed by atoms with Gasteiger partial charge in [-0.1, -0.05) is 6.42 Å². The third kappa shape index (κ3) is 2.19. The number of hydrogen-bond acceptors (Lipinski definition) is 3. The summed E-state index contributed by atoms with van der Waals surface area (Å²) in [7, 11) is 0. The summed E-state index contributed by atoms with van der Waals surface area (Å²) in [5.74, 6) is 2.31. The zero-order chi connectivity index (χ0) is 11.5. The quantitative estimate of drug-likeness (QED) is 0.319. The largest absolute Gasteiger partial charge is 0.307 e. The molecule has 0 aromatic rings. The molecule has 1 aliphatic carbocycles. The van der Waals surface area contributed by atoms with Gasteiger partial charge in [0.15, 0.2) is 6.19 Å². The second kappa shape index (κ2) is 4.84. The van der Waals surface area contributed by atoms with Crippen molar-refractivity contribution < 1.29 is 0 Å². The molecule has 4 nitrogen and oxygen atoms in total. The third-order valence-corrected chi connectivity index (χ3v) is 3.62. The van der Waals surface area contributed by atoms with Crippen molar-refractivity contribution in [2.24, 2.45) is 16.8 Å². The fourth-order valence-corrected chi connectivity index (χ4v) is 3.01. The Morgan fingerprint density at radius 1 is 1.50 bits per heavy atom. The van der Waals surface area contributed by atoms with Crippen LogP contribution in [0.2, 0.25) is 0 Å².